The minimum Gasteiger partial charge on any atom is -0.497 e. The molecule has 1 aromatic carbocycles. The molecule has 1 amide bonds. The molecule has 6 heteroatoms. The SMILES string of the molecule is COc1ccc(Br)c(C(=O)N(C)CC2(O)CCOCC2)c1. The lowest BCUT2D eigenvalue weighted by molar-refractivity contribution is -0.0734. The average molecular weight is 358 g/mol. The molecule has 0 spiro atoms. The predicted molar refractivity (Wildman–Crippen MR) is 82.7 cm³/mol. The molecule has 116 valence electrons. The zero-order valence-electron chi connectivity index (χ0n) is 12.3. The second-order valence-corrected chi connectivity index (χ2v) is 6.20. The largest absolute Gasteiger partial charge is 0.497 e. The van der Waals surface area contributed by atoms with Gasteiger partial charge in [-0.05, 0) is 34.1 Å². The third-order valence-corrected chi connectivity index (χ3v) is 4.40. The smallest absolute Gasteiger partial charge is 0.254 e. The van der Waals surface area contributed by atoms with Crippen molar-refractivity contribution in [1.29, 1.82) is 0 Å². The molecule has 0 saturated carbocycles. The zero-order chi connectivity index (χ0) is 15.5. The summed E-state index contributed by atoms with van der Waals surface area (Å²) in [6, 6.07) is 5.26. The Kier molecular flexibility index (Phi) is 5.24. The first-order valence-corrected chi connectivity index (χ1v) is 7.64. The maximum Gasteiger partial charge on any atom is 0.254 e. The minimum atomic E-state index is -0.867. The van der Waals surface area contributed by atoms with Gasteiger partial charge < -0.3 is 19.5 Å². The van der Waals surface area contributed by atoms with Crippen LogP contribution in [0.25, 0.3) is 0 Å². The van der Waals surface area contributed by atoms with Crippen molar-refractivity contribution in [3.63, 3.8) is 0 Å². The van der Waals surface area contributed by atoms with Crippen molar-refractivity contribution in [3.05, 3.63) is 28.2 Å². The van der Waals surface area contributed by atoms with E-state index in [9.17, 15) is 9.90 Å². The monoisotopic (exact) mass is 357 g/mol. The number of carbonyl (C=O) groups excluding carboxylic acids is 1. The first-order chi connectivity index (χ1) is 9.95. The number of carbonyl (C=O) groups is 1. The number of hydrogen-bond donors (Lipinski definition) is 1. The van der Waals surface area contributed by atoms with Crippen LogP contribution in [0.4, 0.5) is 0 Å². The van der Waals surface area contributed by atoms with E-state index >= 15 is 0 Å². The van der Waals surface area contributed by atoms with Gasteiger partial charge in [0.25, 0.3) is 5.91 Å². The van der Waals surface area contributed by atoms with Crippen LogP contribution in [0.3, 0.4) is 0 Å². The molecule has 0 aliphatic carbocycles. The molecule has 21 heavy (non-hydrogen) atoms. The fourth-order valence-corrected chi connectivity index (χ4v) is 2.84. The summed E-state index contributed by atoms with van der Waals surface area (Å²) >= 11 is 3.38. The molecule has 1 N–H and O–H groups in total. The minimum absolute atomic E-state index is 0.152. The van der Waals surface area contributed by atoms with Crippen LogP contribution in [-0.4, -0.2) is 55.4 Å². The molecule has 1 saturated heterocycles. The molecule has 1 heterocycles. The quantitative estimate of drug-likeness (QED) is 0.895. The predicted octanol–water partition coefficient (Wildman–Crippen LogP) is 2.07. The van der Waals surface area contributed by atoms with E-state index in [0.717, 1.165) is 0 Å². The fourth-order valence-electron chi connectivity index (χ4n) is 2.42. The van der Waals surface area contributed by atoms with E-state index in [1.165, 1.54) is 0 Å². The second-order valence-electron chi connectivity index (χ2n) is 5.34. The highest BCUT2D eigenvalue weighted by Crippen LogP contribution is 2.26. The molecule has 1 aliphatic rings. The first kappa shape index (κ1) is 16.3. The van der Waals surface area contributed by atoms with E-state index in [4.69, 9.17) is 9.47 Å². The maximum absolute atomic E-state index is 12.5. The fraction of sp³-hybridized carbons (Fsp3) is 0.533. The molecular formula is C15H20BrNO4. The third-order valence-electron chi connectivity index (χ3n) is 3.71. The van der Waals surface area contributed by atoms with Crippen molar-refractivity contribution in [2.45, 2.75) is 18.4 Å². The molecule has 0 radical (unpaired) electrons. The highest BCUT2D eigenvalue weighted by atomic mass is 79.9. The number of halogens is 1. The van der Waals surface area contributed by atoms with Gasteiger partial charge in [-0.2, -0.15) is 0 Å². The van der Waals surface area contributed by atoms with Gasteiger partial charge in [-0.3, -0.25) is 4.79 Å². The van der Waals surface area contributed by atoms with Crippen molar-refractivity contribution in [2.24, 2.45) is 0 Å². The summed E-state index contributed by atoms with van der Waals surface area (Å²) in [5.74, 6) is 0.473. The van der Waals surface area contributed by atoms with Gasteiger partial charge in [0.05, 0.1) is 18.3 Å². The Hall–Kier alpha value is -1.11. The number of likely N-dealkylation sites (N-methyl/N-ethyl adjacent to an activating group) is 1. The Morgan fingerprint density at radius 1 is 1.48 bits per heavy atom. The molecule has 0 bridgehead atoms. The van der Waals surface area contributed by atoms with Crippen LogP contribution in [0, 0.1) is 0 Å². The molecule has 0 unspecified atom stereocenters. The Balaban J connectivity index is 2.11. The summed E-state index contributed by atoms with van der Waals surface area (Å²) < 4.78 is 11.1. The van der Waals surface area contributed by atoms with Crippen LogP contribution >= 0.6 is 15.9 Å². The zero-order valence-corrected chi connectivity index (χ0v) is 13.9. The Morgan fingerprint density at radius 3 is 2.76 bits per heavy atom. The van der Waals surface area contributed by atoms with E-state index in [2.05, 4.69) is 15.9 Å². The molecule has 0 atom stereocenters. The van der Waals surface area contributed by atoms with Gasteiger partial charge in [0, 0.05) is 44.1 Å². The number of rotatable bonds is 4. The summed E-state index contributed by atoms with van der Waals surface area (Å²) in [4.78, 5) is 14.1. The van der Waals surface area contributed by atoms with Crippen LogP contribution in [0.15, 0.2) is 22.7 Å². The molecule has 1 fully saturated rings. The van der Waals surface area contributed by atoms with E-state index in [0.29, 0.717) is 48.4 Å². The van der Waals surface area contributed by atoms with Crippen LogP contribution < -0.4 is 4.74 Å². The number of methoxy groups -OCH3 is 1. The standard InChI is InChI=1S/C15H20BrNO4/c1-17(10-15(19)5-7-21-8-6-15)14(18)12-9-11(20-2)3-4-13(12)16/h3-4,9,19H,5-8,10H2,1-2H3. The van der Waals surface area contributed by atoms with Crippen LogP contribution in [0.2, 0.25) is 0 Å². The van der Waals surface area contributed by atoms with Crippen LogP contribution in [0.1, 0.15) is 23.2 Å². The number of aliphatic hydroxyl groups is 1. The highest BCUT2D eigenvalue weighted by molar-refractivity contribution is 9.10. The topological polar surface area (TPSA) is 59.0 Å². The second kappa shape index (κ2) is 6.77. The molecule has 5 nitrogen and oxygen atoms in total. The molecule has 0 aromatic heterocycles. The molecule has 1 aromatic rings. The van der Waals surface area contributed by atoms with Gasteiger partial charge in [-0.25, -0.2) is 0 Å². The normalized spacial score (nSPS) is 17.3. The first-order valence-electron chi connectivity index (χ1n) is 6.84. The maximum atomic E-state index is 12.5. The lowest BCUT2D eigenvalue weighted by Gasteiger charge is -2.35. The van der Waals surface area contributed by atoms with Gasteiger partial charge in [-0.1, -0.05) is 0 Å². The summed E-state index contributed by atoms with van der Waals surface area (Å²) in [6.07, 6.45) is 1.09. The van der Waals surface area contributed by atoms with Gasteiger partial charge in [-0.15, -0.1) is 0 Å². The van der Waals surface area contributed by atoms with Gasteiger partial charge in [0.2, 0.25) is 0 Å². The summed E-state index contributed by atoms with van der Waals surface area (Å²) in [7, 11) is 3.26. The van der Waals surface area contributed by atoms with E-state index < -0.39 is 5.60 Å². The van der Waals surface area contributed by atoms with Crippen molar-refractivity contribution >= 4 is 21.8 Å². The van der Waals surface area contributed by atoms with Gasteiger partial charge >= 0.3 is 0 Å². The number of benzene rings is 1. The Bertz CT molecular complexity index is 514. The van der Waals surface area contributed by atoms with Gasteiger partial charge in [0.15, 0.2) is 0 Å². The molecular weight excluding hydrogens is 338 g/mol. The summed E-state index contributed by atoms with van der Waals surface area (Å²) in [5.41, 5.74) is -0.346. The number of nitrogens with zero attached hydrogens (tertiary/aromatic N) is 1. The number of ether oxygens (including phenoxy) is 2. The number of hydrogen-bond acceptors (Lipinski definition) is 4. The van der Waals surface area contributed by atoms with Crippen LogP contribution in [0.5, 0.6) is 5.75 Å². The van der Waals surface area contributed by atoms with E-state index in [-0.39, 0.29) is 5.91 Å². The Labute approximate surface area is 133 Å². The van der Waals surface area contributed by atoms with Crippen molar-refractivity contribution < 1.29 is 19.4 Å². The van der Waals surface area contributed by atoms with E-state index in [1.807, 2.05) is 0 Å². The van der Waals surface area contributed by atoms with Crippen molar-refractivity contribution in [3.8, 4) is 5.75 Å². The van der Waals surface area contributed by atoms with Gasteiger partial charge in [0.1, 0.15) is 5.75 Å². The third kappa shape index (κ3) is 3.96. The highest BCUT2D eigenvalue weighted by Gasteiger charge is 2.32. The Morgan fingerprint density at radius 2 is 2.14 bits per heavy atom. The van der Waals surface area contributed by atoms with Crippen molar-refractivity contribution in [1.82, 2.24) is 4.90 Å². The molecule has 2 rings (SSSR count). The van der Waals surface area contributed by atoms with Crippen molar-refractivity contribution in [2.75, 3.05) is 33.9 Å². The van der Waals surface area contributed by atoms with E-state index in [1.54, 1.807) is 37.3 Å². The number of amides is 1. The average Bonchev–Trinajstić information content (AvgIpc) is 2.47. The van der Waals surface area contributed by atoms with Crippen LogP contribution in [-0.2, 0) is 4.74 Å². The lowest BCUT2D eigenvalue weighted by atomic mass is 9.93. The lowest BCUT2D eigenvalue weighted by Crippen LogP contribution is -2.47. The molecule has 1 aliphatic heterocycles. The summed E-state index contributed by atoms with van der Waals surface area (Å²) in [6.45, 7) is 1.35. The summed E-state index contributed by atoms with van der Waals surface area (Å²) in [5, 5.41) is 10.5.